The molecule has 1 aliphatic heterocycles. The number of esters is 2. The number of piperidine rings is 1. The van der Waals surface area contributed by atoms with Crippen LogP contribution in [-0.4, -0.2) is 58.1 Å². The fourth-order valence-corrected chi connectivity index (χ4v) is 4.35. The molecule has 2 aromatic rings. The van der Waals surface area contributed by atoms with E-state index in [2.05, 4.69) is 0 Å². The number of benzene rings is 2. The number of ether oxygens (including phenoxy) is 4. The van der Waals surface area contributed by atoms with Gasteiger partial charge in [0.2, 0.25) is 0 Å². The Bertz CT molecular complexity index is 893. The van der Waals surface area contributed by atoms with E-state index in [-0.39, 0.29) is 0 Å². The van der Waals surface area contributed by atoms with Gasteiger partial charge in [0.1, 0.15) is 23.3 Å². The van der Waals surface area contributed by atoms with Crippen LogP contribution < -0.4 is 9.47 Å². The lowest BCUT2D eigenvalue weighted by atomic mass is 9.73. The van der Waals surface area contributed by atoms with Crippen molar-refractivity contribution in [2.24, 2.45) is 11.8 Å². The molecule has 0 amide bonds. The summed E-state index contributed by atoms with van der Waals surface area (Å²) in [5.74, 6) is -3.05. The topological polar surface area (TPSA) is 91.4 Å². The number of carbonyl (C=O) groups is 3. The van der Waals surface area contributed by atoms with E-state index >= 15 is 0 Å². The molecule has 0 N–H and O–H groups in total. The molecule has 1 aliphatic rings. The third-order valence-electron chi connectivity index (χ3n) is 5.95. The summed E-state index contributed by atoms with van der Waals surface area (Å²) in [5.41, 5.74) is 1.44. The van der Waals surface area contributed by atoms with E-state index < -0.39 is 41.6 Å². The van der Waals surface area contributed by atoms with Crippen LogP contribution in [0.25, 0.3) is 0 Å². The molecule has 0 aliphatic carbocycles. The fraction of sp³-hybridized carbons (Fsp3) is 0.375. The quantitative estimate of drug-likeness (QED) is 0.499. The predicted molar refractivity (Wildman–Crippen MR) is 115 cm³/mol. The van der Waals surface area contributed by atoms with Crippen LogP contribution in [0.15, 0.2) is 48.5 Å². The summed E-state index contributed by atoms with van der Waals surface area (Å²) in [6.07, 6.45) is 0. The lowest BCUT2D eigenvalue weighted by Crippen LogP contribution is -2.54. The maximum absolute atomic E-state index is 13.6. The van der Waals surface area contributed by atoms with Gasteiger partial charge in [-0.2, -0.15) is 0 Å². The Morgan fingerprint density at radius 2 is 1.03 bits per heavy atom. The zero-order chi connectivity index (χ0) is 23.4. The molecule has 8 heteroatoms. The van der Waals surface area contributed by atoms with Gasteiger partial charge in [-0.05, 0) is 42.4 Å². The number of hydrogen-bond donors (Lipinski definition) is 0. The Morgan fingerprint density at radius 1 is 0.688 bits per heavy atom. The SMILES string of the molecule is COC(=O)[C@H]1C(=O)[C@@H](C(=O)OC)[C@H](c2ccc(OC)cc2)N(C)[C@@H]1c1ccc(OC)cc1. The Labute approximate surface area is 187 Å². The highest BCUT2D eigenvalue weighted by atomic mass is 16.5. The highest BCUT2D eigenvalue weighted by molar-refractivity contribution is 6.10. The van der Waals surface area contributed by atoms with Crippen molar-refractivity contribution in [1.29, 1.82) is 0 Å². The lowest BCUT2D eigenvalue weighted by Gasteiger charge is -2.46. The highest BCUT2D eigenvalue weighted by Crippen LogP contribution is 2.46. The molecule has 0 aromatic heterocycles. The number of nitrogens with zero attached hydrogens (tertiary/aromatic N) is 1. The molecular weight excluding hydrogens is 414 g/mol. The number of rotatable bonds is 6. The summed E-state index contributed by atoms with van der Waals surface area (Å²) in [7, 11) is 7.35. The molecule has 2 aromatic carbocycles. The van der Waals surface area contributed by atoms with Gasteiger partial charge in [-0.15, -0.1) is 0 Å². The van der Waals surface area contributed by atoms with E-state index in [0.29, 0.717) is 11.5 Å². The summed E-state index contributed by atoms with van der Waals surface area (Å²) < 4.78 is 20.4. The van der Waals surface area contributed by atoms with Crippen LogP contribution in [0.3, 0.4) is 0 Å². The molecule has 0 radical (unpaired) electrons. The number of ketones is 1. The van der Waals surface area contributed by atoms with E-state index in [4.69, 9.17) is 18.9 Å². The molecule has 4 atom stereocenters. The number of likely N-dealkylation sites (tertiary alicyclic amines) is 1. The molecule has 8 nitrogen and oxygen atoms in total. The van der Waals surface area contributed by atoms with Crippen LogP contribution in [0.1, 0.15) is 23.2 Å². The maximum Gasteiger partial charge on any atom is 0.318 e. The van der Waals surface area contributed by atoms with E-state index in [0.717, 1.165) is 11.1 Å². The van der Waals surface area contributed by atoms with Gasteiger partial charge in [0.25, 0.3) is 0 Å². The van der Waals surface area contributed by atoms with Gasteiger partial charge in [0.15, 0.2) is 5.78 Å². The van der Waals surface area contributed by atoms with Crippen molar-refractivity contribution in [3.05, 3.63) is 59.7 Å². The molecule has 170 valence electrons. The lowest BCUT2D eigenvalue weighted by molar-refractivity contribution is -0.167. The monoisotopic (exact) mass is 441 g/mol. The average molecular weight is 441 g/mol. The summed E-state index contributed by atoms with van der Waals surface area (Å²) in [6, 6.07) is 12.9. The third kappa shape index (κ3) is 4.18. The zero-order valence-electron chi connectivity index (χ0n) is 18.7. The van der Waals surface area contributed by atoms with Gasteiger partial charge in [-0.3, -0.25) is 19.3 Å². The Kier molecular flexibility index (Phi) is 7.15. The molecule has 3 rings (SSSR count). The first-order valence-electron chi connectivity index (χ1n) is 10.1. The Morgan fingerprint density at radius 3 is 1.31 bits per heavy atom. The highest BCUT2D eigenvalue weighted by Gasteiger charge is 2.54. The number of methoxy groups -OCH3 is 4. The normalized spacial score (nSPS) is 23.3. The summed E-state index contributed by atoms with van der Waals surface area (Å²) in [5, 5.41) is 0. The van der Waals surface area contributed by atoms with Gasteiger partial charge in [-0.25, -0.2) is 0 Å². The smallest absolute Gasteiger partial charge is 0.318 e. The average Bonchev–Trinajstić information content (AvgIpc) is 2.84. The second-order valence-corrected chi connectivity index (χ2v) is 7.51. The minimum Gasteiger partial charge on any atom is -0.497 e. The van der Waals surface area contributed by atoms with Crippen molar-refractivity contribution >= 4 is 17.7 Å². The first-order valence-corrected chi connectivity index (χ1v) is 10.1. The molecule has 0 saturated carbocycles. The molecule has 0 spiro atoms. The van der Waals surface area contributed by atoms with E-state index in [9.17, 15) is 14.4 Å². The molecule has 0 bridgehead atoms. The second kappa shape index (κ2) is 9.82. The van der Waals surface area contributed by atoms with Crippen molar-refractivity contribution in [2.75, 3.05) is 35.5 Å². The van der Waals surface area contributed by atoms with Gasteiger partial charge < -0.3 is 18.9 Å². The summed E-state index contributed by atoms with van der Waals surface area (Å²) in [6.45, 7) is 0. The molecule has 1 fully saturated rings. The number of carbonyl (C=O) groups excluding carboxylic acids is 3. The van der Waals surface area contributed by atoms with Crippen molar-refractivity contribution < 1.29 is 33.3 Å². The van der Waals surface area contributed by atoms with Crippen molar-refractivity contribution in [2.45, 2.75) is 12.1 Å². The summed E-state index contributed by atoms with van der Waals surface area (Å²) >= 11 is 0. The van der Waals surface area contributed by atoms with Gasteiger partial charge in [-0.1, -0.05) is 24.3 Å². The first kappa shape index (κ1) is 23.3. The van der Waals surface area contributed by atoms with Crippen molar-refractivity contribution in [3.8, 4) is 11.5 Å². The van der Waals surface area contributed by atoms with Crippen molar-refractivity contribution in [3.63, 3.8) is 0 Å². The van der Waals surface area contributed by atoms with E-state index in [1.165, 1.54) is 14.2 Å². The maximum atomic E-state index is 13.6. The predicted octanol–water partition coefficient (Wildman–Crippen LogP) is 2.58. The minimum absolute atomic E-state index is 0.538. The summed E-state index contributed by atoms with van der Waals surface area (Å²) in [4.78, 5) is 41.0. The Balaban J connectivity index is 2.16. The van der Waals surface area contributed by atoms with Gasteiger partial charge >= 0.3 is 11.9 Å². The fourth-order valence-electron chi connectivity index (χ4n) is 4.35. The Hall–Kier alpha value is -3.39. The molecule has 1 heterocycles. The van der Waals surface area contributed by atoms with Crippen LogP contribution in [0.5, 0.6) is 11.5 Å². The van der Waals surface area contributed by atoms with Crippen LogP contribution in [0, 0.1) is 11.8 Å². The molecule has 1 saturated heterocycles. The molecular formula is C24H27NO7. The van der Waals surface area contributed by atoms with Gasteiger partial charge in [0.05, 0.1) is 40.5 Å². The number of hydrogen-bond acceptors (Lipinski definition) is 8. The standard InChI is InChI=1S/C24H27NO7/c1-25-20(14-6-10-16(29-2)11-7-14)18(23(27)31-4)22(26)19(24(28)32-5)21(25)15-8-12-17(30-3)13-9-15/h6-13,18-21H,1-5H3/t18-,19+,20-,21+. The largest absolute Gasteiger partial charge is 0.497 e. The molecule has 0 unspecified atom stereocenters. The van der Waals surface area contributed by atoms with E-state index in [1.807, 2.05) is 4.90 Å². The van der Waals surface area contributed by atoms with Crippen molar-refractivity contribution in [1.82, 2.24) is 4.90 Å². The first-order chi connectivity index (χ1) is 15.4. The van der Waals surface area contributed by atoms with Crippen LogP contribution >= 0.6 is 0 Å². The number of Topliss-reactive ketones (excluding diaryl/α,β-unsaturated/α-hetero) is 1. The van der Waals surface area contributed by atoms with Crippen LogP contribution in [-0.2, 0) is 23.9 Å². The second-order valence-electron chi connectivity index (χ2n) is 7.51. The third-order valence-corrected chi connectivity index (χ3v) is 5.95. The molecule has 32 heavy (non-hydrogen) atoms. The van der Waals surface area contributed by atoms with Crippen LogP contribution in [0.2, 0.25) is 0 Å². The van der Waals surface area contributed by atoms with Gasteiger partial charge in [0, 0.05) is 0 Å². The van der Waals surface area contributed by atoms with Crippen LogP contribution in [0.4, 0.5) is 0 Å². The van der Waals surface area contributed by atoms with E-state index in [1.54, 1.807) is 69.8 Å². The minimum atomic E-state index is -1.20. The zero-order valence-corrected chi connectivity index (χ0v) is 18.7.